The van der Waals surface area contributed by atoms with E-state index >= 15 is 0 Å². The van der Waals surface area contributed by atoms with Gasteiger partial charge in [-0.15, -0.1) is 0 Å². The number of piperidine rings is 1. The van der Waals surface area contributed by atoms with E-state index in [-0.39, 0.29) is 5.54 Å². The maximum Gasteiger partial charge on any atom is 0.0109 e. The molecule has 0 unspecified atom stereocenters. The van der Waals surface area contributed by atoms with Crippen LogP contribution in [0.1, 0.15) is 59.8 Å². The zero-order chi connectivity index (χ0) is 12.2. The fourth-order valence-electron chi connectivity index (χ4n) is 2.65. The van der Waals surface area contributed by atoms with Crippen molar-refractivity contribution in [3.8, 4) is 0 Å². The minimum absolute atomic E-state index is 0.00987. The average molecular weight is 226 g/mol. The van der Waals surface area contributed by atoms with Crippen molar-refractivity contribution in [3.05, 3.63) is 0 Å². The second kappa shape index (κ2) is 5.50. The van der Waals surface area contributed by atoms with Gasteiger partial charge in [-0.25, -0.2) is 0 Å². The van der Waals surface area contributed by atoms with E-state index in [1.54, 1.807) is 0 Å². The molecule has 0 aromatic carbocycles. The monoisotopic (exact) mass is 226 g/mol. The first-order chi connectivity index (χ1) is 7.41. The van der Waals surface area contributed by atoms with Crippen LogP contribution in [-0.4, -0.2) is 30.1 Å². The van der Waals surface area contributed by atoms with Crippen LogP contribution in [0, 0.1) is 5.41 Å². The summed E-state index contributed by atoms with van der Waals surface area (Å²) in [4.78, 5) is 2.60. The largest absolute Gasteiger partial charge is 0.326 e. The molecule has 1 fully saturated rings. The highest BCUT2D eigenvalue weighted by molar-refractivity contribution is 4.85. The highest BCUT2D eigenvalue weighted by atomic mass is 15.1. The first kappa shape index (κ1) is 14.0. The van der Waals surface area contributed by atoms with Crippen molar-refractivity contribution >= 4 is 0 Å². The lowest BCUT2D eigenvalue weighted by atomic mass is 9.74. The molecule has 1 saturated heterocycles. The van der Waals surface area contributed by atoms with Crippen molar-refractivity contribution in [2.45, 2.75) is 65.3 Å². The molecular weight excluding hydrogens is 196 g/mol. The Morgan fingerprint density at radius 2 is 1.62 bits per heavy atom. The molecular formula is C14H30N2. The van der Waals surface area contributed by atoms with Crippen molar-refractivity contribution in [2.75, 3.05) is 19.6 Å². The summed E-state index contributed by atoms with van der Waals surface area (Å²) in [6, 6.07) is 0. The van der Waals surface area contributed by atoms with Crippen molar-refractivity contribution in [1.29, 1.82) is 0 Å². The van der Waals surface area contributed by atoms with Gasteiger partial charge in [-0.2, -0.15) is 0 Å². The highest BCUT2D eigenvalue weighted by Crippen LogP contribution is 2.37. The average Bonchev–Trinajstić information content (AvgIpc) is 2.26. The third kappa shape index (κ3) is 4.06. The van der Waals surface area contributed by atoms with E-state index in [9.17, 15) is 0 Å². The molecule has 2 nitrogen and oxygen atoms in total. The zero-order valence-corrected chi connectivity index (χ0v) is 11.7. The van der Waals surface area contributed by atoms with Crippen LogP contribution in [0.3, 0.4) is 0 Å². The van der Waals surface area contributed by atoms with Gasteiger partial charge in [-0.05, 0) is 58.2 Å². The molecule has 1 aliphatic rings. The van der Waals surface area contributed by atoms with E-state index in [0.717, 1.165) is 6.42 Å². The first-order valence-corrected chi connectivity index (χ1v) is 6.92. The van der Waals surface area contributed by atoms with Crippen molar-refractivity contribution in [2.24, 2.45) is 11.1 Å². The van der Waals surface area contributed by atoms with E-state index in [2.05, 4.69) is 32.6 Å². The molecule has 0 aromatic rings. The summed E-state index contributed by atoms with van der Waals surface area (Å²) in [6.45, 7) is 12.7. The van der Waals surface area contributed by atoms with Gasteiger partial charge in [0.1, 0.15) is 0 Å². The molecule has 1 heterocycles. The number of nitrogens with two attached hydrogens (primary N) is 1. The predicted octanol–water partition coefficient (Wildman–Crippen LogP) is 3.02. The predicted molar refractivity (Wildman–Crippen MR) is 71.6 cm³/mol. The normalized spacial score (nSPS) is 22.3. The van der Waals surface area contributed by atoms with Gasteiger partial charge in [0.25, 0.3) is 0 Å². The number of hydrogen-bond acceptors (Lipinski definition) is 2. The highest BCUT2D eigenvalue weighted by Gasteiger charge is 2.31. The minimum Gasteiger partial charge on any atom is -0.326 e. The lowest BCUT2D eigenvalue weighted by Crippen LogP contribution is -2.43. The van der Waals surface area contributed by atoms with Gasteiger partial charge < -0.3 is 10.6 Å². The molecule has 1 rings (SSSR count). The molecule has 0 aromatic heterocycles. The second-order valence-electron chi connectivity index (χ2n) is 6.29. The molecule has 0 aliphatic carbocycles. The van der Waals surface area contributed by atoms with Crippen LogP contribution in [-0.2, 0) is 0 Å². The third-order valence-corrected chi connectivity index (χ3v) is 4.49. The molecule has 1 aliphatic heterocycles. The smallest absolute Gasteiger partial charge is 0.0109 e. The van der Waals surface area contributed by atoms with Crippen molar-refractivity contribution in [3.63, 3.8) is 0 Å². The van der Waals surface area contributed by atoms with E-state index in [0.29, 0.717) is 5.41 Å². The molecule has 2 N–H and O–H groups in total. The molecule has 0 atom stereocenters. The Bertz CT molecular complexity index is 191. The summed E-state index contributed by atoms with van der Waals surface area (Å²) in [6.07, 6.45) is 6.56. The van der Waals surface area contributed by atoms with Crippen LogP contribution in [0.25, 0.3) is 0 Å². The molecule has 0 amide bonds. The van der Waals surface area contributed by atoms with Gasteiger partial charge in [0, 0.05) is 5.54 Å². The SMILES string of the molecule is CCC1(CC)CCN(CCC(C)(C)N)CC1. The van der Waals surface area contributed by atoms with Crippen molar-refractivity contribution < 1.29 is 0 Å². The minimum atomic E-state index is -0.00987. The summed E-state index contributed by atoms with van der Waals surface area (Å²) in [5.41, 5.74) is 6.67. The Balaban J connectivity index is 2.32. The number of likely N-dealkylation sites (tertiary alicyclic amines) is 1. The molecule has 0 radical (unpaired) electrons. The zero-order valence-electron chi connectivity index (χ0n) is 11.7. The van der Waals surface area contributed by atoms with Crippen molar-refractivity contribution in [1.82, 2.24) is 4.90 Å². The van der Waals surface area contributed by atoms with Crippen LogP contribution in [0.4, 0.5) is 0 Å². The Labute approximate surface area is 102 Å². The molecule has 16 heavy (non-hydrogen) atoms. The standard InChI is InChI=1S/C14H30N2/c1-5-14(6-2)8-11-16(12-9-14)10-7-13(3,4)15/h5-12,15H2,1-4H3. The summed E-state index contributed by atoms with van der Waals surface area (Å²) in [5.74, 6) is 0. The maximum absolute atomic E-state index is 6.03. The molecule has 0 spiro atoms. The summed E-state index contributed by atoms with van der Waals surface area (Å²) < 4.78 is 0. The lowest BCUT2D eigenvalue weighted by Gasteiger charge is -2.41. The van der Waals surface area contributed by atoms with Crippen LogP contribution >= 0.6 is 0 Å². The fraction of sp³-hybridized carbons (Fsp3) is 1.00. The Kier molecular flexibility index (Phi) is 4.81. The fourth-order valence-corrected chi connectivity index (χ4v) is 2.65. The number of nitrogens with zero attached hydrogens (tertiary/aromatic N) is 1. The Morgan fingerprint density at radius 3 is 2.00 bits per heavy atom. The molecule has 96 valence electrons. The van der Waals surface area contributed by atoms with Gasteiger partial charge in [-0.1, -0.05) is 26.7 Å². The number of rotatable bonds is 5. The van der Waals surface area contributed by atoms with Crippen LogP contribution in [0.2, 0.25) is 0 Å². The first-order valence-electron chi connectivity index (χ1n) is 6.92. The van der Waals surface area contributed by atoms with Crippen LogP contribution in [0.5, 0.6) is 0 Å². The Hall–Kier alpha value is -0.0800. The van der Waals surface area contributed by atoms with E-state index in [1.807, 2.05) is 0 Å². The Morgan fingerprint density at radius 1 is 1.12 bits per heavy atom. The third-order valence-electron chi connectivity index (χ3n) is 4.49. The van der Waals surface area contributed by atoms with Crippen LogP contribution < -0.4 is 5.73 Å². The van der Waals surface area contributed by atoms with Gasteiger partial charge >= 0.3 is 0 Å². The maximum atomic E-state index is 6.03. The van der Waals surface area contributed by atoms with Crippen LogP contribution in [0.15, 0.2) is 0 Å². The summed E-state index contributed by atoms with van der Waals surface area (Å²) in [7, 11) is 0. The quantitative estimate of drug-likeness (QED) is 0.781. The summed E-state index contributed by atoms with van der Waals surface area (Å²) in [5, 5.41) is 0. The van der Waals surface area contributed by atoms with Gasteiger partial charge in [0.15, 0.2) is 0 Å². The van der Waals surface area contributed by atoms with Gasteiger partial charge in [0.2, 0.25) is 0 Å². The summed E-state index contributed by atoms with van der Waals surface area (Å²) >= 11 is 0. The topological polar surface area (TPSA) is 29.3 Å². The van der Waals surface area contributed by atoms with E-state index in [4.69, 9.17) is 5.73 Å². The molecule has 0 bridgehead atoms. The lowest BCUT2D eigenvalue weighted by molar-refractivity contribution is 0.0911. The van der Waals surface area contributed by atoms with E-state index < -0.39 is 0 Å². The van der Waals surface area contributed by atoms with Gasteiger partial charge in [-0.3, -0.25) is 0 Å². The second-order valence-corrected chi connectivity index (χ2v) is 6.29. The number of hydrogen-bond donors (Lipinski definition) is 1. The van der Waals surface area contributed by atoms with E-state index in [1.165, 1.54) is 45.3 Å². The molecule has 2 heteroatoms. The van der Waals surface area contributed by atoms with Gasteiger partial charge in [0.05, 0.1) is 0 Å². The molecule has 0 saturated carbocycles.